The van der Waals surface area contributed by atoms with Crippen molar-refractivity contribution in [1.82, 2.24) is 4.90 Å². The van der Waals surface area contributed by atoms with Gasteiger partial charge in [0, 0.05) is 24.2 Å². The van der Waals surface area contributed by atoms with E-state index < -0.39 is 0 Å². The van der Waals surface area contributed by atoms with Crippen LogP contribution in [0.1, 0.15) is 37.7 Å². The van der Waals surface area contributed by atoms with Crippen molar-refractivity contribution in [3.05, 3.63) is 29.8 Å². The molecular formula is C16H25N3O. The molecule has 2 rings (SSSR count). The van der Waals surface area contributed by atoms with E-state index in [0.29, 0.717) is 6.42 Å². The van der Waals surface area contributed by atoms with Crippen LogP contribution in [0.15, 0.2) is 24.3 Å². The van der Waals surface area contributed by atoms with Crippen molar-refractivity contribution in [3.63, 3.8) is 0 Å². The number of amides is 1. The summed E-state index contributed by atoms with van der Waals surface area (Å²) in [4.78, 5) is 14.3. The van der Waals surface area contributed by atoms with E-state index in [2.05, 4.69) is 10.2 Å². The average Bonchev–Trinajstić information content (AvgIpc) is 2.77. The fourth-order valence-corrected chi connectivity index (χ4v) is 2.89. The van der Waals surface area contributed by atoms with Crippen LogP contribution in [0.25, 0.3) is 0 Å². The molecule has 1 saturated carbocycles. The molecule has 1 aliphatic carbocycles. The molecule has 0 bridgehead atoms. The third-order valence-corrected chi connectivity index (χ3v) is 3.89. The normalized spacial score (nSPS) is 17.4. The Labute approximate surface area is 121 Å². The van der Waals surface area contributed by atoms with E-state index in [9.17, 15) is 4.79 Å². The Morgan fingerprint density at radius 2 is 1.95 bits per heavy atom. The Morgan fingerprint density at radius 1 is 1.30 bits per heavy atom. The topological polar surface area (TPSA) is 58.4 Å². The van der Waals surface area contributed by atoms with Crippen LogP contribution in [0, 0.1) is 0 Å². The fourth-order valence-electron chi connectivity index (χ4n) is 2.89. The molecule has 0 aromatic heterocycles. The van der Waals surface area contributed by atoms with Gasteiger partial charge in [-0.15, -0.1) is 0 Å². The second-order valence-electron chi connectivity index (χ2n) is 6.19. The average molecular weight is 275 g/mol. The summed E-state index contributed by atoms with van der Waals surface area (Å²) in [6, 6.07) is 7.94. The Hall–Kier alpha value is -1.39. The lowest BCUT2D eigenvalue weighted by atomic mass is 9.94. The smallest absolute Gasteiger partial charge is 0.226 e. The van der Waals surface area contributed by atoms with Crippen molar-refractivity contribution in [1.29, 1.82) is 0 Å². The molecule has 1 amide bonds. The molecule has 0 unspecified atom stereocenters. The molecule has 0 saturated heterocycles. The van der Waals surface area contributed by atoms with Gasteiger partial charge in [0.2, 0.25) is 5.91 Å². The highest BCUT2D eigenvalue weighted by Gasteiger charge is 2.31. The molecule has 1 aliphatic rings. The lowest BCUT2D eigenvalue weighted by molar-refractivity contribution is -0.117. The number of hydrogen-bond acceptors (Lipinski definition) is 3. The Bertz CT molecular complexity index is 465. The number of carbonyl (C=O) groups is 1. The first-order chi connectivity index (χ1) is 9.48. The maximum absolute atomic E-state index is 12.2. The van der Waals surface area contributed by atoms with Gasteiger partial charge < -0.3 is 16.0 Å². The highest BCUT2D eigenvalue weighted by atomic mass is 16.1. The molecule has 1 fully saturated rings. The van der Waals surface area contributed by atoms with Gasteiger partial charge in [0.25, 0.3) is 0 Å². The van der Waals surface area contributed by atoms with E-state index in [-0.39, 0.29) is 11.4 Å². The van der Waals surface area contributed by atoms with Gasteiger partial charge in [-0.05, 0) is 38.6 Å². The predicted octanol–water partition coefficient (Wildman–Crippen LogP) is 2.35. The zero-order chi connectivity index (χ0) is 14.6. The minimum atomic E-state index is -0.291. The lowest BCUT2D eigenvalue weighted by Gasteiger charge is -2.23. The molecule has 0 atom stereocenters. The summed E-state index contributed by atoms with van der Waals surface area (Å²) < 4.78 is 0. The summed E-state index contributed by atoms with van der Waals surface area (Å²) >= 11 is 0. The second kappa shape index (κ2) is 6.37. The van der Waals surface area contributed by atoms with Gasteiger partial charge in [0.15, 0.2) is 0 Å². The minimum Gasteiger partial charge on any atom is -0.326 e. The lowest BCUT2D eigenvalue weighted by Crippen LogP contribution is -2.40. The molecule has 0 aliphatic heterocycles. The third kappa shape index (κ3) is 4.05. The van der Waals surface area contributed by atoms with E-state index in [4.69, 9.17) is 5.73 Å². The van der Waals surface area contributed by atoms with E-state index in [1.165, 1.54) is 0 Å². The fraction of sp³-hybridized carbons (Fsp3) is 0.562. The van der Waals surface area contributed by atoms with Gasteiger partial charge in [-0.2, -0.15) is 0 Å². The molecule has 0 heterocycles. The quantitative estimate of drug-likeness (QED) is 0.867. The van der Waals surface area contributed by atoms with Gasteiger partial charge in [0.05, 0.1) is 0 Å². The van der Waals surface area contributed by atoms with Crippen LogP contribution in [-0.4, -0.2) is 30.4 Å². The zero-order valence-electron chi connectivity index (χ0n) is 12.5. The van der Waals surface area contributed by atoms with Gasteiger partial charge in [-0.25, -0.2) is 0 Å². The van der Waals surface area contributed by atoms with Crippen molar-refractivity contribution in [2.24, 2.45) is 5.73 Å². The maximum Gasteiger partial charge on any atom is 0.226 e. The number of rotatable bonds is 5. The van der Waals surface area contributed by atoms with E-state index in [0.717, 1.165) is 43.5 Å². The van der Waals surface area contributed by atoms with Gasteiger partial charge in [-0.3, -0.25) is 4.79 Å². The first-order valence-electron chi connectivity index (χ1n) is 7.30. The van der Waals surface area contributed by atoms with Crippen LogP contribution >= 0.6 is 0 Å². The van der Waals surface area contributed by atoms with Gasteiger partial charge in [-0.1, -0.05) is 31.0 Å². The summed E-state index contributed by atoms with van der Waals surface area (Å²) in [5.74, 6) is 0.0283. The number of anilines is 1. The van der Waals surface area contributed by atoms with Crippen LogP contribution in [-0.2, 0) is 11.3 Å². The van der Waals surface area contributed by atoms with Crippen LogP contribution < -0.4 is 11.1 Å². The highest BCUT2D eigenvalue weighted by Crippen LogP contribution is 2.30. The molecule has 110 valence electrons. The molecule has 3 N–H and O–H groups in total. The molecule has 20 heavy (non-hydrogen) atoms. The first-order valence-corrected chi connectivity index (χ1v) is 7.30. The number of carbonyl (C=O) groups excluding carboxylic acids is 1. The summed E-state index contributed by atoms with van der Waals surface area (Å²) in [7, 11) is 4.04. The van der Waals surface area contributed by atoms with Crippen LogP contribution in [0.2, 0.25) is 0 Å². The molecule has 0 radical (unpaired) electrons. The summed E-state index contributed by atoms with van der Waals surface area (Å²) in [6.45, 7) is 0.810. The van der Waals surface area contributed by atoms with E-state index >= 15 is 0 Å². The zero-order valence-corrected chi connectivity index (χ0v) is 12.5. The minimum absolute atomic E-state index is 0.0283. The number of benzene rings is 1. The largest absolute Gasteiger partial charge is 0.326 e. The molecule has 1 aromatic carbocycles. The number of nitrogens with one attached hydrogen (secondary N) is 1. The monoisotopic (exact) mass is 275 g/mol. The maximum atomic E-state index is 12.2. The Morgan fingerprint density at radius 3 is 2.60 bits per heavy atom. The van der Waals surface area contributed by atoms with Crippen molar-refractivity contribution in [2.75, 3.05) is 19.4 Å². The Balaban J connectivity index is 2.00. The molecule has 0 spiro atoms. The number of nitrogens with zero attached hydrogens (tertiary/aromatic N) is 1. The van der Waals surface area contributed by atoms with Crippen molar-refractivity contribution in [2.45, 2.75) is 44.2 Å². The van der Waals surface area contributed by atoms with Crippen LogP contribution in [0.3, 0.4) is 0 Å². The molecular weight excluding hydrogens is 250 g/mol. The summed E-state index contributed by atoms with van der Waals surface area (Å²) in [5.41, 5.74) is 8.00. The van der Waals surface area contributed by atoms with Crippen LogP contribution in [0.5, 0.6) is 0 Å². The number of nitrogens with two attached hydrogens (primary N) is 1. The molecule has 4 heteroatoms. The number of hydrogen-bond donors (Lipinski definition) is 2. The van der Waals surface area contributed by atoms with E-state index in [1.807, 2.05) is 38.4 Å². The Kier molecular flexibility index (Phi) is 4.78. The van der Waals surface area contributed by atoms with Crippen molar-refractivity contribution >= 4 is 11.6 Å². The summed E-state index contributed by atoms with van der Waals surface area (Å²) in [5, 5.41) is 3.02. The van der Waals surface area contributed by atoms with Gasteiger partial charge in [0.1, 0.15) is 0 Å². The van der Waals surface area contributed by atoms with Crippen LogP contribution in [0.4, 0.5) is 5.69 Å². The first kappa shape index (κ1) is 15.0. The highest BCUT2D eigenvalue weighted by molar-refractivity contribution is 5.92. The molecule has 1 aromatic rings. The predicted molar refractivity (Wildman–Crippen MR) is 82.5 cm³/mol. The SMILES string of the molecule is CN(C)Cc1ccccc1NC(=O)CC1(N)CCCC1. The summed E-state index contributed by atoms with van der Waals surface area (Å²) in [6.07, 6.45) is 4.62. The third-order valence-electron chi connectivity index (χ3n) is 3.89. The number of para-hydroxylation sites is 1. The van der Waals surface area contributed by atoms with Crippen molar-refractivity contribution < 1.29 is 4.79 Å². The standard InChI is InChI=1S/C16H25N3O/c1-19(2)12-13-7-3-4-8-14(13)18-15(20)11-16(17)9-5-6-10-16/h3-4,7-8H,5-6,9-12,17H2,1-2H3,(H,18,20). The van der Waals surface area contributed by atoms with Gasteiger partial charge >= 0.3 is 0 Å². The van der Waals surface area contributed by atoms with Crippen molar-refractivity contribution in [3.8, 4) is 0 Å². The molecule has 4 nitrogen and oxygen atoms in total. The van der Waals surface area contributed by atoms with E-state index in [1.54, 1.807) is 0 Å². The second-order valence-corrected chi connectivity index (χ2v) is 6.19.